The van der Waals surface area contributed by atoms with Gasteiger partial charge in [0.1, 0.15) is 11.3 Å². The van der Waals surface area contributed by atoms with E-state index in [4.69, 9.17) is 14.2 Å². The van der Waals surface area contributed by atoms with Gasteiger partial charge in [0.2, 0.25) is 0 Å². The maximum Gasteiger partial charge on any atom is 0.345 e. The van der Waals surface area contributed by atoms with Crippen LogP contribution in [-0.2, 0) is 19.1 Å². The van der Waals surface area contributed by atoms with Crippen LogP contribution in [0.1, 0.15) is 44.1 Å². The SMILES string of the molecule is COC(=O)C(C(=O)OC)=C1CCCCC[C@H]1C/C=C/c1cccc(OC)c1. The lowest BCUT2D eigenvalue weighted by Gasteiger charge is -2.19. The number of hydrogen-bond donors (Lipinski definition) is 0. The zero-order valence-electron chi connectivity index (χ0n) is 16.3. The first-order chi connectivity index (χ1) is 13.1. The fraction of sp³-hybridized carbons (Fsp3) is 0.455. The molecule has 0 amide bonds. The van der Waals surface area contributed by atoms with Crippen molar-refractivity contribution in [3.05, 3.63) is 47.1 Å². The smallest absolute Gasteiger partial charge is 0.345 e. The van der Waals surface area contributed by atoms with E-state index in [9.17, 15) is 9.59 Å². The second-order valence-electron chi connectivity index (χ2n) is 6.59. The fourth-order valence-electron chi connectivity index (χ4n) is 3.51. The van der Waals surface area contributed by atoms with Gasteiger partial charge < -0.3 is 14.2 Å². The third-order valence-corrected chi connectivity index (χ3v) is 4.92. The summed E-state index contributed by atoms with van der Waals surface area (Å²) < 4.78 is 14.9. The molecule has 1 aliphatic carbocycles. The summed E-state index contributed by atoms with van der Waals surface area (Å²) in [6.07, 6.45) is 9.68. The van der Waals surface area contributed by atoms with Gasteiger partial charge in [-0.25, -0.2) is 9.59 Å². The average molecular weight is 372 g/mol. The Labute approximate surface area is 161 Å². The van der Waals surface area contributed by atoms with E-state index in [0.29, 0.717) is 0 Å². The summed E-state index contributed by atoms with van der Waals surface area (Å²) in [4.78, 5) is 24.4. The van der Waals surface area contributed by atoms with Gasteiger partial charge >= 0.3 is 11.9 Å². The van der Waals surface area contributed by atoms with Crippen molar-refractivity contribution in [2.45, 2.75) is 38.5 Å². The van der Waals surface area contributed by atoms with E-state index in [2.05, 4.69) is 6.08 Å². The van der Waals surface area contributed by atoms with E-state index in [1.807, 2.05) is 30.3 Å². The number of ether oxygens (including phenoxy) is 3. The highest BCUT2D eigenvalue weighted by Crippen LogP contribution is 2.34. The van der Waals surface area contributed by atoms with Gasteiger partial charge in [-0.1, -0.05) is 37.1 Å². The highest BCUT2D eigenvalue weighted by molar-refractivity contribution is 6.14. The number of allylic oxidation sites excluding steroid dienone is 2. The van der Waals surface area contributed by atoms with Crippen LogP contribution in [0.3, 0.4) is 0 Å². The van der Waals surface area contributed by atoms with E-state index in [0.717, 1.165) is 55.4 Å². The van der Waals surface area contributed by atoms with E-state index < -0.39 is 11.9 Å². The molecule has 1 fully saturated rings. The first kappa shape index (κ1) is 20.7. The predicted octanol–water partition coefficient (Wildman–Crippen LogP) is 4.32. The molecule has 27 heavy (non-hydrogen) atoms. The zero-order valence-corrected chi connectivity index (χ0v) is 16.3. The largest absolute Gasteiger partial charge is 0.497 e. The molecule has 0 spiro atoms. The predicted molar refractivity (Wildman–Crippen MR) is 104 cm³/mol. The third kappa shape index (κ3) is 5.71. The molecule has 1 saturated carbocycles. The lowest BCUT2D eigenvalue weighted by molar-refractivity contribution is -0.144. The van der Waals surface area contributed by atoms with Crippen LogP contribution >= 0.6 is 0 Å². The van der Waals surface area contributed by atoms with E-state index >= 15 is 0 Å². The van der Waals surface area contributed by atoms with Crippen LogP contribution in [0.15, 0.2) is 41.5 Å². The Morgan fingerprint density at radius 3 is 2.48 bits per heavy atom. The molecule has 1 aliphatic rings. The summed E-state index contributed by atoms with van der Waals surface area (Å²) in [6.45, 7) is 0. The molecule has 1 aromatic rings. The molecule has 5 heteroatoms. The Morgan fingerprint density at radius 2 is 1.81 bits per heavy atom. The summed E-state index contributed by atoms with van der Waals surface area (Å²) in [7, 11) is 4.23. The van der Waals surface area contributed by atoms with Crippen LogP contribution < -0.4 is 4.74 Å². The third-order valence-electron chi connectivity index (χ3n) is 4.92. The van der Waals surface area contributed by atoms with Crippen LogP contribution in [0.4, 0.5) is 0 Å². The minimum Gasteiger partial charge on any atom is -0.497 e. The second kappa shape index (κ2) is 10.6. The van der Waals surface area contributed by atoms with E-state index in [-0.39, 0.29) is 11.5 Å². The van der Waals surface area contributed by atoms with Gasteiger partial charge in [-0.2, -0.15) is 0 Å². The number of esters is 2. The van der Waals surface area contributed by atoms with Crippen LogP contribution in [0.5, 0.6) is 5.75 Å². The average Bonchev–Trinajstić information content (AvgIpc) is 2.93. The summed E-state index contributed by atoms with van der Waals surface area (Å²) in [5.41, 5.74) is 1.98. The molecule has 1 atom stereocenters. The summed E-state index contributed by atoms with van der Waals surface area (Å²) in [6, 6.07) is 7.83. The topological polar surface area (TPSA) is 61.8 Å². The van der Waals surface area contributed by atoms with Crippen molar-refractivity contribution in [2.75, 3.05) is 21.3 Å². The number of carbonyl (C=O) groups excluding carboxylic acids is 2. The number of benzene rings is 1. The summed E-state index contributed by atoms with van der Waals surface area (Å²) in [5, 5.41) is 0. The first-order valence-electron chi connectivity index (χ1n) is 9.31. The summed E-state index contributed by atoms with van der Waals surface area (Å²) >= 11 is 0. The quantitative estimate of drug-likeness (QED) is 0.245. The molecular formula is C22H28O5. The first-order valence-corrected chi connectivity index (χ1v) is 9.31. The Hall–Kier alpha value is -2.56. The molecule has 0 aromatic heterocycles. The lowest BCUT2D eigenvalue weighted by atomic mass is 9.87. The van der Waals surface area contributed by atoms with Crippen LogP contribution in [0.2, 0.25) is 0 Å². The number of carbonyl (C=O) groups is 2. The van der Waals surface area contributed by atoms with Crippen LogP contribution in [0.25, 0.3) is 6.08 Å². The highest BCUT2D eigenvalue weighted by Gasteiger charge is 2.29. The molecule has 0 aliphatic heterocycles. The minimum absolute atomic E-state index is 0.0710. The van der Waals surface area contributed by atoms with Gasteiger partial charge in [-0.05, 0) is 54.9 Å². The van der Waals surface area contributed by atoms with Gasteiger partial charge in [-0.15, -0.1) is 0 Å². The fourth-order valence-corrected chi connectivity index (χ4v) is 3.51. The van der Waals surface area contributed by atoms with E-state index in [1.54, 1.807) is 7.11 Å². The normalized spacial score (nSPS) is 17.3. The monoisotopic (exact) mass is 372 g/mol. The number of methoxy groups -OCH3 is 3. The standard InChI is InChI=1S/C22H28O5/c1-25-18-13-8-10-16(15-18)9-7-12-17-11-5-4-6-14-19(17)20(21(23)26-2)22(24)27-3/h7-10,13,15,17H,4-6,11-12,14H2,1-3H3/b9-7+/t17-/m0/s1. The molecular weight excluding hydrogens is 344 g/mol. The van der Waals surface area contributed by atoms with Crippen LogP contribution in [-0.4, -0.2) is 33.3 Å². The second-order valence-corrected chi connectivity index (χ2v) is 6.59. The number of rotatable bonds is 6. The maximum absolute atomic E-state index is 12.2. The Bertz CT molecular complexity index is 699. The molecule has 5 nitrogen and oxygen atoms in total. The molecule has 0 unspecified atom stereocenters. The highest BCUT2D eigenvalue weighted by atomic mass is 16.5. The maximum atomic E-state index is 12.2. The van der Waals surface area contributed by atoms with Gasteiger partial charge in [0, 0.05) is 0 Å². The Balaban J connectivity index is 2.26. The summed E-state index contributed by atoms with van der Waals surface area (Å²) in [5.74, 6) is -0.283. The van der Waals surface area contributed by atoms with Gasteiger partial charge in [0.05, 0.1) is 21.3 Å². The molecule has 1 aromatic carbocycles. The Kier molecular flexibility index (Phi) is 8.11. The molecule has 0 N–H and O–H groups in total. The molecule has 0 heterocycles. The zero-order chi connectivity index (χ0) is 19.6. The van der Waals surface area contributed by atoms with Gasteiger partial charge in [-0.3, -0.25) is 0 Å². The minimum atomic E-state index is -0.611. The van der Waals surface area contributed by atoms with E-state index in [1.165, 1.54) is 14.2 Å². The lowest BCUT2D eigenvalue weighted by Crippen LogP contribution is -2.21. The van der Waals surface area contributed by atoms with Crippen molar-refractivity contribution in [1.82, 2.24) is 0 Å². The molecule has 0 radical (unpaired) electrons. The van der Waals surface area contributed by atoms with Crippen LogP contribution in [0, 0.1) is 5.92 Å². The molecule has 0 saturated heterocycles. The molecule has 2 rings (SSSR count). The van der Waals surface area contributed by atoms with Crippen molar-refractivity contribution in [3.8, 4) is 5.75 Å². The van der Waals surface area contributed by atoms with Gasteiger partial charge in [0.15, 0.2) is 0 Å². The van der Waals surface area contributed by atoms with Crippen molar-refractivity contribution in [2.24, 2.45) is 5.92 Å². The van der Waals surface area contributed by atoms with Crippen molar-refractivity contribution in [1.29, 1.82) is 0 Å². The van der Waals surface area contributed by atoms with Gasteiger partial charge in [0.25, 0.3) is 0 Å². The van der Waals surface area contributed by atoms with Crippen molar-refractivity contribution in [3.63, 3.8) is 0 Å². The Morgan fingerprint density at radius 1 is 1.07 bits per heavy atom. The number of hydrogen-bond acceptors (Lipinski definition) is 5. The molecule has 0 bridgehead atoms. The molecule has 146 valence electrons. The van der Waals surface area contributed by atoms with Crippen molar-refractivity contribution >= 4 is 18.0 Å². The van der Waals surface area contributed by atoms with Crippen molar-refractivity contribution < 1.29 is 23.8 Å².